The van der Waals surface area contributed by atoms with E-state index in [-0.39, 0.29) is 18.1 Å². The largest absolute Gasteiger partial charge is 0.329 e. The summed E-state index contributed by atoms with van der Waals surface area (Å²) in [7, 11) is 1.89. The fraction of sp³-hybridized carbons (Fsp3) is 0.909. The smallest absolute Gasteiger partial charge is 0.240 e. The molecule has 1 aliphatic rings. The number of amides is 1. The maximum absolute atomic E-state index is 11.8. The van der Waals surface area contributed by atoms with E-state index >= 15 is 0 Å². The van der Waals surface area contributed by atoms with E-state index in [2.05, 4.69) is 26.1 Å². The van der Waals surface area contributed by atoms with Crippen LogP contribution in [0.3, 0.4) is 0 Å². The van der Waals surface area contributed by atoms with Crippen molar-refractivity contribution in [3.8, 4) is 0 Å². The summed E-state index contributed by atoms with van der Waals surface area (Å²) in [5, 5.41) is 3.40. The molecule has 0 radical (unpaired) electrons. The van der Waals surface area contributed by atoms with Crippen LogP contribution in [0.2, 0.25) is 0 Å². The lowest BCUT2D eigenvalue weighted by molar-refractivity contribution is -0.129. The zero-order valence-electron chi connectivity index (χ0n) is 9.71. The van der Waals surface area contributed by atoms with E-state index in [1.165, 1.54) is 0 Å². The number of hydrogen-bond acceptors (Lipinski definition) is 2. The maximum atomic E-state index is 11.8. The summed E-state index contributed by atoms with van der Waals surface area (Å²) in [5.74, 6) is 0.743. The van der Waals surface area contributed by atoms with E-state index in [0.717, 1.165) is 19.3 Å². The summed E-state index contributed by atoms with van der Waals surface area (Å²) in [6, 6.07) is 0.0624. The van der Waals surface area contributed by atoms with Crippen molar-refractivity contribution < 1.29 is 4.79 Å². The first-order valence-electron chi connectivity index (χ1n) is 5.60. The minimum Gasteiger partial charge on any atom is -0.329 e. The van der Waals surface area contributed by atoms with Crippen molar-refractivity contribution in [2.24, 2.45) is 5.92 Å². The van der Waals surface area contributed by atoms with Crippen LogP contribution in [0.5, 0.6) is 0 Å². The molecule has 1 heterocycles. The topological polar surface area (TPSA) is 32.3 Å². The number of likely N-dealkylation sites (N-methyl/N-ethyl adjacent to an activating group) is 1. The fourth-order valence-corrected chi connectivity index (χ4v) is 2.03. The molecule has 2 unspecified atom stereocenters. The van der Waals surface area contributed by atoms with Gasteiger partial charge in [0.15, 0.2) is 0 Å². The molecule has 1 N–H and O–H groups in total. The number of unbranched alkanes of at least 4 members (excludes halogenated alkanes) is 1. The number of carbonyl (C=O) groups is 1. The van der Waals surface area contributed by atoms with E-state index in [4.69, 9.17) is 0 Å². The number of hydrogen-bond donors (Lipinski definition) is 1. The van der Waals surface area contributed by atoms with Gasteiger partial charge in [-0.25, -0.2) is 0 Å². The second kappa shape index (κ2) is 4.78. The second-order valence-electron chi connectivity index (χ2n) is 4.50. The first kappa shape index (κ1) is 11.5. The van der Waals surface area contributed by atoms with E-state index in [1.807, 2.05) is 11.9 Å². The van der Waals surface area contributed by atoms with Gasteiger partial charge in [-0.1, -0.05) is 33.6 Å². The molecule has 2 atom stereocenters. The van der Waals surface area contributed by atoms with Crippen molar-refractivity contribution in [3.63, 3.8) is 0 Å². The van der Waals surface area contributed by atoms with Gasteiger partial charge in [-0.15, -0.1) is 0 Å². The maximum Gasteiger partial charge on any atom is 0.240 e. The molecule has 14 heavy (non-hydrogen) atoms. The van der Waals surface area contributed by atoms with Crippen LogP contribution in [0.1, 0.15) is 40.0 Å². The Morgan fingerprint density at radius 2 is 2.14 bits per heavy atom. The molecule has 1 amide bonds. The minimum absolute atomic E-state index is 0.0624. The Bertz CT molecular complexity index is 203. The standard InChI is InChI=1S/C11H22N2O/c1-5-6-7-9-11(14)13(4)10(12-9)8(2)3/h8-10,12H,5-7H2,1-4H3. The SMILES string of the molecule is CCCCC1NC(C(C)C)N(C)C1=O. The summed E-state index contributed by atoms with van der Waals surface area (Å²) in [4.78, 5) is 13.6. The van der Waals surface area contributed by atoms with Gasteiger partial charge in [0.05, 0.1) is 12.2 Å². The quantitative estimate of drug-likeness (QED) is 0.744. The Morgan fingerprint density at radius 1 is 1.50 bits per heavy atom. The molecule has 0 aromatic heterocycles. The average molecular weight is 198 g/mol. The Hall–Kier alpha value is -0.570. The Labute approximate surface area is 86.9 Å². The lowest BCUT2D eigenvalue weighted by Crippen LogP contribution is -2.39. The van der Waals surface area contributed by atoms with Gasteiger partial charge in [0.1, 0.15) is 0 Å². The third-order valence-electron chi connectivity index (χ3n) is 2.91. The van der Waals surface area contributed by atoms with Crippen molar-refractivity contribution in [2.45, 2.75) is 52.2 Å². The first-order valence-corrected chi connectivity index (χ1v) is 5.60. The Balaban J connectivity index is 2.53. The predicted molar refractivity (Wildman–Crippen MR) is 57.8 cm³/mol. The molecular weight excluding hydrogens is 176 g/mol. The van der Waals surface area contributed by atoms with E-state index < -0.39 is 0 Å². The summed E-state index contributed by atoms with van der Waals surface area (Å²) in [5.41, 5.74) is 0. The first-order chi connectivity index (χ1) is 6.57. The number of nitrogens with one attached hydrogen (secondary N) is 1. The molecule has 0 aliphatic carbocycles. The van der Waals surface area contributed by atoms with Gasteiger partial charge >= 0.3 is 0 Å². The molecule has 0 spiro atoms. The zero-order valence-corrected chi connectivity index (χ0v) is 9.71. The van der Waals surface area contributed by atoms with Crippen molar-refractivity contribution in [1.29, 1.82) is 0 Å². The van der Waals surface area contributed by atoms with Gasteiger partial charge in [-0.3, -0.25) is 10.1 Å². The predicted octanol–water partition coefficient (Wildman–Crippen LogP) is 1.59. The molecule has 1 fully saturated rings. The summed E-state index contributed by atoms with van der Waals surface area (Å²) < 4.78 is 0. The van der Waals surface area contributed by atoms with Crippen LogP contribution in [0.25, 0.3) is 0 Å². The highest BCUT2D eigenvalue weighted by Crippen LogP contribution is 2.18. The van der Waals surface area contributed by atoms with Crippen molar-refractivity contribution in [1.82, 2.24) is 10.2 Å². The fourth-order valence-electron chi connectivity index (χ4n) is 2.03. The van der Waals surface area contributed by atoms with E-state index in [9.17, 15) is 4.79 Å². The van der Waals surface area contributed by atoms with Crippen molar-refractivity contribution in [2.75, 3.05) is 7.05 Å². The van der Waals surface area contributed by atoms with E-state index in [0.29, 0.717) is 5.92 Å². The van der Waals surface area contributed by atoms with E-state index in [1.54, 1.807) is 0 Å². The summed E-state index contributed by atoms with van der Waals surface area (Å²) in [6.45, 7) is 6.44. The highest BCUT2D eigenvalue weighted by Gasteiger charge is 2.36. The van der Waals surface area contributed by atoms with Crippen LogP contribution in [0.15, 0.2) is 0 Å². The third kappa shape index (κ3) is 2.27. The lowest BCUT2D eigenvalue weighted by atomic mass is 10.1. The van der Waals surface area contributed by atoms with Crippen LogP contribution >= 0.6 is 0 Å². The molecule has 1 saturated heterocycles. The lowest BCUT2D eigenvalue weighted by Gasteiger charge is -2.22. The molecule has 0 aromatic carbocycles. The highest BCUT2D eigenvalue weighted by molar-refractivity contribution is 5.84. The van der Waals surface area contributed by atoms with Crippen molar-refractivity contribution >= 4 is 5.91 Å². The Morgan fingerprint density at radius 3 is 2.57 bits per heavy atom. The summed E-state index contributed by atoms with van der Waals surface area (Å²) in [6.07, 6.45) is 3.48. The number of rotatable bonds is 4. The van der Waals surface area contributed by atoms with Crippen LogP contribution in [0.4, 0.5) is 0 Å². The summed E-state index contributed by atoms with van der Waals surface area (Å²) >= 11 is 0. The zero-order chi connectivity index (χ0) is 10.7. The van der Waals surface area contributed by atoms with Crippen molar-refractivity contribution in [3.05, 3.63) is 0 Å². The normalized spacial score (nSPS) is 27.8. The molecule has 82 valence electrons. The molecule has 1 aliphatic heterocycles. The monoisotopic (exact) mass is 198 g/mol. The molecule has 0 bridgehead atoms. The van der Waals surface area contributed by atoms with Gasteiger partial charge in [-0.05, 0) is 12.3 Å². The van der Waals surface area contributed by atoms with Crippen LogP contribution in [-0.2, 0) is 4.79 Å². The average Bonchev–Trinajstić information content (AvgIpc) is 2.42. The number of carbonyl (C=O) groups excluding carboxylic acids is 1. The van der Waals surface area contributed by atoms with Gasteiger partial charge in [0.25, 0.3) is 0 Å². The minimum atomic E-state index is 0.0624. The molecule has 3 heteroatoms. The van der Waals surface area contributed by atoms with Crippen LogP contribution in [-0.4, -0.2) is 30.1 Å². The van der Waals surface area contributed by atoms with Crippen LogP contribution in [0, 0.1) is 5.92 Å². The van der Waals surface area contributed by atoms with Gasteiger partial charge in [0.2, 0.25) is 5.91 Å². The molecular formula is C11H22N2O. The Kier molecular flexibility index (Phi) is 3.93. The third-order valence-corrected chi connectivity index (χ3v) is 2.91. The molecule has 0 saturated carbocycles. The highest BCUT2D eigenvalue weighted by atomic mass is 16.2. The number of nitrogens with zero attached hydrogens (tertiary/aromatic N) is 1. The second-order valence-corrected chi connectivity index (χ2v) is 4.50. The molecule has 0 aromatic rings. The van der Waals surface area contributed by atoms with Gasteiger partial charge < -0.3 is 4.90 Å². The van der Waals surface area contributed by atoms with Crippen LogP contribution < -0.4 is 5.32 Å². The van der Waals surface area contributed by atoms with Gasteiger partial charge in [-0.2, -0.15) is 0 Å². The molecule has 1 rings (SSSR count). The molecule has 3 nitrogen and oxygen atoms in total. The van der Waals surface area contributed by atoms with Gasteiger partial charge in [0, 0.05) is 7.05 Å².